The lowest BCUT2D eigenvalue weighted by molar-refractivity contribution is -0.134. The minimum Gasteiger partial charge on any atom is -0.486 e. The molecular weight excluding hydrogens is 358 g/mol. The van der Waals surface area contributed by atoms with Crippen molar-refractivity contribution in [3.63, 3.8) is 0 Å². The van der Waals surface area contributed by atoms with Gasteiger partial charge in [0.1, 0.15) is 19.6 Å². The molecule has 0 aliphatic carbocycles. The number of nitrogens with zero attached hydrogens (tertiary/aromatic N) is 2. The third kappa shape index (κ3) is 4.19. The number of anilines is 2. The van der Waals surface area contributed by atoms with Crippen LogP contribution in [0.15, 0.2) is 48.5 Å². The van der Waals surface area contributed by atoms with Crippen molar-refractivity contribution in [2.24, 2.45) is 0 Å². The Bertz CT molecular complexity index is 848. The molecule has 1 N–H and O–H groups in total. The Labute approximate surface area is 163 Å². The van der Waals surface area contributed by atoms with Crippen LogP contribution in [0.25, 0.3) is 0 Å². The zero-order valence-electron chi connectivity index (χ0n) is 15.6. The van der Waals surface area contributed by atoms with Gasteiger partial charge in [-0.05, 0) is 24.3 Å². The molecule has 2 aliphatic rings. The largest absolute Gasteiger partial charge is 0.486 e. The third-order valence-electron chi connectivity index (χ3n) is 4.89. The predicted molar refractivity (Wildman–Crippen MR) is 106 cm³/mol. The monoisotopic (exact) mass is 381 g/mol. The fourth-order valence-corrected chi connectivity index (χ4v) is 3.43. The van der Waals surface area contributed by atoms with Crippen molar-refractivity contribution in [3.8, 4) is 11.5 Å². The zero-order valence-corrected chi connectivity index (χ0v) is 15.6. The van der Waals surface area contributed by atoms with Crippen molar-refractivity contribution < 1.29 is 19.1 Å². The molecule has 0 spiro atoms. The van der Waals surface area contributed by atoms with Crippen LogP contribution in [0.4, 0.5) is 11.4 Å². The van der Waals surface area contributed by atoms with Gasteiger partial charge in [0, 0.05) is 43.6 Å². The number of ether oxygens (including phenoxy) is 2. The second kappa shape index (κ2) is 8.21. The van der Waals surface area contributed by atoms with E-state index < -0.39 is 0 Å². The molecule has 4 rings (SSSR count). The van der Waals surface area contributed by atoms with E-state index in [1.165, 1.54) is 0 Å². The average Bonchev–Trinajstić information content (AvgIpc) is 2.74. The average molecular weight is 381 g/mol. The number of para-hydroxylation sites is 1. The third-order valence-corrected chi connectivity index (χ3v) is 4.89. The Morgan fingerprint density at radius 3 is 2.36 bits per heavy atom. The Kier molecular flexibility index (Phi) is 5.32. The quantitative estimate of drug-likeness (QED) is 0.822. The van der Waals surface area contributed by atoms with Crippen molar-refractivity contribution in [1.82, 2.24) is 4.90 Å². The fourth-order valence-electron chi connectivity index (χ4n) is 3.43. The lowest BCUT2D eigenvalue weighted by Crippen LogP contribution is -2.49. The molecule has 1 saturated heterocycles. The number of hydrogen-bond acceptors (Lipinski definition) is 5. The van der Waals surface area contributed by atoms with Gasteiger partial charge in [-0.3, -0.25) is 9.59 Å². The molecule has 2 aromatic rings. The van der Waals surface area contributed by atoms with Crippen LogP contribution in [0.2, 0.25) is 0 Å². The zero-order chi connectivity index (χ0) is 19.3. The maximum absolute atomic E-state index is 12.5. The van der Waals surface area contributed by atoms with Crippen molar-refractivity contribution >= 4 is 23.2 Å². The van der Waals surface area contributed by atoms with Crippen molar-refractivity contribution in [3.05, 3.63) is 48.5 Å². The standard InChI is InChI=1S/C21H23N3O4/c25-20(22-16-6-7-18-19(14-16)28-13-12-27-18)15-21(26)24-10-8-23(9-11-24)17-4-2-1-3-5-17/h1-7,14H,8-13,15H2,(H,22,25). The Hall–Kier alpha value is -3.22. The number of amides is 2. The highest BCUT2D eigenvalue weighted by atomic mass is 16.6. The number of carbonyl (C=O) groups is 2. The molecule has 0 bridgehead atoms. The Balaban J connectivity index is 1.27. The summed E-state index contributed by atoms with van der Waals surface area (Å²) in [6, 6.07) is 15.4. The van der Waals surface area contributed by atoms with Gasteiger partial charge in [0.15, 0.2) is 11.5 Å². The summed E-state index contributed by atoms with van der Waals surface area (Å²) in [5.74, 6) is 0.791. The first-order valence-electron chi connectivity index (χ1n) is 9.46. The molecule has 146 valence electrons. The van der Waals surface area contributed by atoms with E-state index in [0.717, 1.165) is 18.8 Å². The van der Waals surface area contributed by atoms with Gasteiger partial charge in [0.25, 0.3) is 0 Å². The summed E-state index contributed by atoms with van der Waals surface area (Å²) in [6.45, 7) is 3.76. The lowest BCUT2D eigenvalue weighted by Gasteiger charge is -2.36. The Morgan fingerprint density at radius 2 is 1.61 bits per heavy atom. The smallest absolute Gasteiger partial charge is 0.233 e. The minimum atomic E-state index is -0.327. The number of fused-ring (bicyclic) bond motifs is 1. The maximum Gasteiger partial charge on any atom is 0.233 e. The van der Waals surface area contributed by atoms with E-state index in [-0.39, 0.29) is 18.2 Å². The van der Waals surface area contributed by atoms with E-state index >= 15 is 0 Å². The topological polar surface area (TPSA) is 71.1 Å². The van der Waals surface area contributed by atoms with Gasteiger partial charge in [-0.25, -0.2) is 0 Å². The van der Waals surface area contributed by atoms with Gasteiger partial charge < -0.3 is 24.6 Å². The van der Waals surface area contributed by atoms with Gasteiger partial charge >= 0.3 is 0 Å². The summed E-state index contributed by atoms with van der Waals surface area (Å²) in [4.78, 5) is 28.8. The minimum absolute atomic E-state index is 0.150. The van der Waals surface area contributed by atoms with Gasteiger partial charge in [-0.15, -0.1) is 0 Å². The van der Waals surface area contributed by atoms with E-state index in [1.807, 2.05) is 18.2 Å². The van der Waals surface area contributed by atoms with Crippen LogP contribution in [0.5, 0.6) is 11.5 Å². The van der Waals surface area contributed by atoms with Crippen LogP contribution >= 0.6 is 0 Å². The van der Waals surface area contributed by atoms with Gasteiger partial charge in [0.2, 0.25) is 11.8 Å². The first-order chi connectivity index (χ1) is 13.7. The van der Waals surface area contributed by atoms with Crippen molar-refractivity contribution in [2.45, 2.75) is 6.42 Å². The molecule has 7 nitrogen and oxygen atoms in total. The van der Waals surface area contributed by atoms with Crippen LogP contribution in [0.1, 0.15) is 6.42 Å². The first-order valence-corrected chi connectivity index (χ1v) is 9.46. The van der Waals surface area contributed by atoms with E-state index in [4.69, 9.17) is 9.47 Å². The normalized spacial score (nSPS) is 15.9. The highest BCUT2D eigenvalue weighted by molar-refractivity contribution is 6.03. The maximum atomic E-state index is 12.5. The van der Waals surface area contributed by atoms with Crippen LogP contribution in [-0.2, 0) is 9.59 Å². The number of piperazine rings is 1. The summed E-state index contributed by atoms with van der Waals surface area (Å²) < 4.78 is 11.0. The SMILES string of the molecule is O=C(CC(=O)N1CCN(c2ccccc2)CC1)Nc1ccc2c(c1)OCCO2. The molecule has 0 unspecified atom stereocenters. The molecule has 0 aromatic heterocycles. The number of rotatable bonds is 4. The summed E-state index contributed by atoms with van der Waals surface area (Å²) in [7, 11) is 0. The van der Waals surface area contributed by atoms with Gasteiger partial charge in [0.05, 0.1) is 0 Å². The van der Waals surface area contributed by atoms with Crippen molar-refractivity contribution in [1.29, 1.82) is 0 Å². The molecule has 0 saturated carbocycles. The summed E-state index contributed by atoms with van der Waals surface area (Å²) in [6.07, 6.45) is -0.167. The molecule has 1 fully saturated rings. The summed E-state index contributed by atoms with van der Waals surface area (Å²) in [5.41, 5.74) is 1.75. The Morgan fingerprint density at radius 1 is 0.893 bits per heavy atom. The fraction of sp³-hybridized carbons (Fsp3) is 0.333. The van der Waals surface area contributed by atoms with Crippen molar-refractivity contribution in [2.75, 3.05) is 49.6 Å². The van der Waals surface area contributed by atoms with Crippen LogP contribution in [0, 0.1) is 0 Å². The molecule has 0 atom stereocenters. The van der Waals surface area contributed by atoms with E-state index in [0.29, 0.717) is 43.5 Å². The van der Waals surface area contributed by atoms with Gasteiger partial charge in [-0.2, -0.15) is 0 Å². The number of hydrogen-bond donors (Lipinski definition) is 1. The highest BCUT2D eigenvalue weighted by Crippen LogP contribution is 2.32. The second-order valence-electron chi connectivity index (χ2n) is 6.79. The number of carbonyl (C=O) groups excluding carboxylic acids is 2. The lowest BCUT2D eigenvalue weighted by atomic mass is 10.2. The molecular formula is C21H23N3O4. The van der Waals surface area contributed by atoms with Crippen LogP contribution < -0.4 is 19.7 Å². The highest BCUT2D eigenvalue weighted by Gasteiger charge is 2.23. The van der Waals surface area contributed by atoms with E-state index in [2.05, 4.69) is 22.3 Å². The molecule has 2 aromatic carbocycles. The van der Waals surface area contributed by atoms with Crippen LogP contribution in [-0.4, -0.2) is 56.1 Å². The molecule has 28 heavy (non-hydrogen) atoms. The summed E-state index contributed by atoms with van der Waals surface area (Å²) >= 11 is 0. The van der Waals surface area contributed by atoms with Crippen LogP contribution in [0.3, 0.4) is 0 Å². The van der Waals surface area contributed by atoms with E-state index in [1.54, 1.807) is 23.1 Å². The molecule has 0 radical (unpaired) electrons. The molecule has 7 heteroatoms. The summed E-state index contributed by atoms with van der Waals surface area (Å²) in [5, 5.41) is 2.76. The first kappa shape index (κ1) is 18.2. The van der Waals surface area contributed by atoms with Gasteiger partial charge in [-0.1, -0.05) is 18.2 Å². The predicted octanol–water partition coefficient (Wildman–Crippen LogP) is 2.14. The number of benzene rings is 2. The molecule has 2 aliphatic heterocycles. The number of nitrogens with one attached hydrogen (secondary N) is 1. The van der Waals surface area contributed by atoms with E-state index in [9.17, 15) is 9.59 Å². The molecule has 2 amide bonds. The molecule has 2 heterocycles. The second-order valence-corrected chi connectivity index (χ2v) is 6.79.